The van der Waals surface area contributed by atoms with Crippen molar-refractivity contribution in [1.82, 2.24) is 9.97 Å². The molecule has 0 fully saturated rings. The number of carbonyl (C=O) groups is 1. The standard InChI is InChI=1S/C20H18F3N5O5S/c1-3-6-34(30,31)33-19(2,12-32-15-5-4-13(8-24)26-11-15)18(29)28-14-7-16(20(21,22)23)17(9-25)27-10-14/h4-5,7,10-11H,3,6,12H2,1-2H3,(H,28,29)/t19-/m0/s1. The fraction of sp³-hybridized carbons (Fsp3) is 0.350. The molecular weight excluding hydrogens is 479 g/mol. The van der Waals surface area contributed by atoms with E-state index in [1.54, 1.807) is 13.0 Å². The van der Waals surface area contributed by atoms with E-state index in [2.05, 4.69) is 15.3 Å². The summed E-state index contributed by atoms with van der Waals surface area (Å²) in [5.74, 6) is -1.49. The molecule has 0 aliphatic heterocycles. The second-order valence-corrected chi connectivity index (χ2v) is 8.73. The molecule has 1 N–H and O–H groups in total. The van der Waals surface area contributed by atoms with Crippen molar-refractivity contribution in [3.63, 3.8) is 0 Å². The normalized spacial score (nSPS) is 13.3. The maximum Gasteiger partial charge on any atom is 0.419 e. The molecule has 2 rings (SSSR count). The van der Waals surface area contributed by atoms with Gasteiger partial charge in [-0.15, -0.1) is 0 Å². The van der Waals surface area contributed by atoms with Gasteiger partial charge in [-0.25, -0.2) is 14.2 Å². The Hall–Kier alpha value is -3.75. The summed E-state index contributed by atoms with van der Waals surface area (Å²) in [5.41, 5.74) is -4.85. The van der Waals surface area contributed by atoms with Gasteiger partial charge in [0, 0.05) is 0 Å². The summed E-state index contributed by atoms with van der Waals surface area (Å²) in [6.45, 7) is 1.97. The lowest BCUT2D eigenvalue weighted by atomic mass is 10.1. The number of ether oxygens (including phenoxy) is 1. The number of carbonyl (C=O) groups excluding carboxylic acids is 1. The summed E-state index contributed by atoms with van der Waals surface area (Å²) < 4.78 is 74.6. The third kappa shape index (κ3) is 6.87. The van der Waals surface area contributed by atoms with Crippen LogP contribution in [0.4, 0.5) is 18.9 Å². The number of aromatic nitrogens is 2. The number of rotatable bonds is 9. The van der Waals surface area contributed by atoms with E-state index < -0.39 is 57.1 Å². The number of pyridine rings is 2. The van der Waals surface area contributed by atoms with E-state index >= 15 is 0 Å². The predicted molar refractivity (Wildman–Crippen MR) is 111 cm³/mol. The van der Waals surface area contributed by atoms with Gasteiger partial charge < -0.3 is 10.1 Å². The topological polar surface area (TPSA) is 155 Å². The number of nitriles is 2. The summed E-state index contributed by atoms with van der Waals surface area (Å²) >= 11 is 0. The molecule has 180 valence electrons. The van der Waals surface area contributed by atoms with Crippen molar-refractivity contribution in [1.29, 1.82) is 10.5 Å². The summed E-state index contributed by atoms with van der Waals surface area (Å²) in [5, 5.41) is 19.8. The minimum atomic E-state index is -4.92. The molecule has 1 amide bonds. The molecule has 2 aromatic rings. The highest BCUT2D eigenvalue weighted by Gasteiger charge is 2.41. The Morgan fingerprint density at radius 1 is 1.18 bits per heavy atom. The quantitative estimate of drug-likeness (QED) is 0.515. The van der Waals surface area contributed by atoms with Gasteiger partial charge in [-0.05, 0) is 31.5 Å². The molecule has 0 aliphatic carbocycles. The lowest BCUT2D eigenvalue weighted by Gasteiger charge is -2.27. The minimum absolute atomic E-state index is 0.0777. The van der Waals surface area contributed by atoms with Crippen LogP contribution in [0.5, 0.6) is 5.75 Å². The van der Waals surface area contributed by atoms with E-state index in [4.69, 9.17) is 19.4 Å². The van der Waals surface area contributed by atoms with E-state index in [0.29, 0.717) is 6.07 Å². The Bertz CT molecular complexity index is 1240. The van der Waals surface area contributed by atoms with Crippen molar-refractivity contribution in [2.75, 3.05) is 17.7 Å². The number of nitrogens with one attached hydrogen (secondary N) is 1. The lowest BCUT2D eigenvalue weighted by Crippen LogP contribution is -2.49. The molecule has 0 saturated carbocycles. The van der Waals surface area contributed by atoms with E-state index in [1.165, 1.54) is 18.2 Å². The molecule has 0 radical (unpaired) electrons. The number of hydrogen-bond acceptors (Lipinski definition) is 9. The number of anilines is 1. The highest BCUT2D eigenvalue weighted by atomic mass is 32.2. The average molecular weight is 497 g/mol. The van der Waals surface area contributed by atoms with Crippen LogP contribution in [0, 0.1) is 22.7 Å². The molecule has 0 spiro atoms. The maximum atomic E-state index is 13.2. The van der Waals surface area contributed by atoms with Gasteiger partial charge in [0.15, 0.2) is 11.3 Å². The molecule has 0 aromatic carbocycles. The van der Waals surface area contributed by atoms with Gasteiger partial charge >= 0.3 is 6.18 Å². The molecule has 1 atom stereocenters. The second-order valence-electron chi connectivity index (χ2n) is 7.04. The van der Waals surface area contributed by atoms with Gasteiger partial charge in [-0.3, -0.25) is 4.79 Å². The lowest BCUT2D eigenvalue weighted by molar-refractivity contribution is -0.138. The van der Waals surface area contributed by atoms with Gasteiger partial charge in [-0.1, -0.05) is 6.92 Å². The predicted octanol–water partition coefficient (Wildman–Crippen LogP) is 2.77. The van der Waals surface area contributed by atoms with Crippen LogP contribution in [0.15, 0.2) is 30.6 Å². The van der Waals surface area contributed by atoms with Crippen LogP contribution in [0.1, 0.15) is 37.2 Å². The third-order valence-corrected chi connectivity index (χ3v) is 5.70. The van der Waals surface area contributed by atoms with Crippen molar-refractivity contribution in [2.24, 2.45) is 0 Å². The second kappa shape index (κ2) is 10.5. The number of hydrogen-bond donors (Lipinski definition) is 1. The molecule has 14 heteroatoms. The monoisotopic (exact) mass is 497 g/mol. The Labute approximate surface area is 193 Å². The summed E-state index contributed by atoms with van der Waals surface area (Å²) in [4.78, 5) is 20.1. The summed E-state index contributed by atoms with van der Waals surface area (Å²) in [6, 6.07) is 6.28. The first-order valence-electron chi connectivity index (χ1n) is 9.54. The zero-order valence-electron chi connectivity index (χ0n) is 17.9. The average Bonchev–Trinajstić information content (AvgIpc) is 2.77. The smallest absolute Gasteiger partial charge is 0.419 e. The molecule has 0 aliphatic rings. The fourth-order valence-corrected chi connectivity index (χ4v) is 3.82. The highest BCUT2D eigenvalue weighted by Crippen LogP contribution is 2.33. The highest BCUT2D eigenvalue weighted by molar-refractivity contribution is 7.86. The fourth-order valence-electron chi connectivity index (χ4n) is 2.55. The molecule has 0 saturated heterocycles. The SMILES string of the molecule is CCCS(=O)(=O)O[C@@](C)(COc1ccc(C#N)nc1)C(=O)Nc1cnc(C#N)c(C(F)(F)F)c1. The molecule has 0 bridgehead atoms. The van der Waals surface area contributed by atoms with E-state index in [9.17, 15) is 26.4 Å². The van der Waals surface area contributed by atoms with Crippen LogP contribution in [0.25, 0.3) is 0 Å². The largest absolute Gasteiger partial charge is 0.488 e. The van der Waals surface area contributed by atoms with Gasteiger partial charge in [0.25, 0.3) is 16.0 Å². The van der Waals surface area contributed by atoms with Crippen molar-refractivity contribution in [3.05, 3.63) is 47.5 Å². The van der Waals surface area contributed by atoms with Gasteiger partial charge in [-0.2, -0.15) is 32.1 Å². The maximum absolute atomic E-state index is 13.2. The van der Waals surface area contributed by atoms with E-state index in [1.807, 2.05) is 0 Å². The summed E-state index contributed by atoms with van der Waals surface area (Å²) in [7, 11) is -4.22. The van der Waals surface area contributed by atoms with E-state index in [0.717, 1.165) is 19.3 Å². The molecule has 2 heterocycles. The number of alkyl halides is 3. The summed E-state index contributed by atoms with van der Waals surface area (Å²) in [6.07, 6.45) is -2.76. The van der Waals surface area contributed by atoms with Crippen LogP contribution >= 0.6 is 0 Å². The first kappa shape index (κ1) is 26.5. The molecular formula is C20H18F3N5O5S. The van der Waals surface area contributed by atoms with Gasteiger partial charge in [0.1, 0.15) is 30.2 Å². The minimum Gasteiger partial charge on any atom is -0.488 e. The van der Waals surface area contributed by atoms with Gasteiger partial charge in [0.2, 0.25) is 0 Å². The van der Waals surface area contributed by atoms with Crippen LogP contribution in [0.3, 0.4) is 0 Å². The Kier molecular flexibility index (Phi) is 8.15. The third-order valence-electron chi connectivity index (χ3n) is 4.17. The number of halogens is 3. The van der Waals surface area contributed by atoms with Crippen molar-refractivity contribution in [2.45, 2.75) is 32.0 Å². The molecule has 0 unspecified atom stereocenters. The first-order chi connectivity index (χ1) is 15.8. The van der Waals surface area contributed by atoms with E-state index in [-0.39, 0.29) is 17.9 Å². The van der Waals surface area contributed by atoms with Crippen LogP contribution in [0.2, 0.25) is 0 Å². The van der Waals surface area contributed by atoms with Crippen LogP contribution in [-0.2, 0) is 25.3 Å². The van der Waals surface area contributed by atoms with Crippen molar-refractivity contribution >= 4 is 21.7 Å². The number of amides is 1. The molecule has 10 nitrogen and oxygen atoms in total. The Morgan fingerprint density at radius 2 is 1.88 bits per heavy atom. The Morgan fingerprint density at radius 3 is 2.41 bits per heavy atom. The first-order valence-corrected chi connectivity index (χ1v) is 11.1. The van der Waals surface area contributed by atoms with Gasteiger partial charge in [0.05, 0.1) is 29.4 Å². The number of nitrogens with zero attached hydrogens (tertiary/aromatic N) is 4. The van der Waals surface area contributed by atoms with Crippen LogP contribution < -0.4 is 10.1 Å². The zero-order chi connectivity index (χ0) is 25.6. The van der Waals surface area contributed by atoms with Crippen molar-refractivity contribution < 1.29 is 35.3 Å². The van der Waals surface area contributed by atoms with Crippen molar-refractivity contribution in [3.8, 4) is 17.9 Å². The van der Waals surface area contributed by atoms with Crippen LogP contribution in [-0.4, -0.2) is 42.3 Å². The zero-order valence-corrected chi connectivity index (χ0v) is 18.7. The Balaban J connectivity index is 2.35. The molecule has 34 heavy (non-hydrogen) atoms. The molecule has 2 aromatic heterocycles.